The van der Waals surface area contributed by atoms with Crippen LogP contribution < -0.4 is 25.4 Å². The van der Waals surface area contributed by atoms with Gasteiger partial charge in [-0.15, -0.1) is 8.78 Å². The summed E-state index contributed by atoms with van der Waals surface area (Å²) in [6.45, 7) is 7.46. The van der Waals surface area contributed by atoms with Gasteiger partial charge in [-0.25, -0.2) is 8.42 Å². The lowest BCUT2D eigenvalue weighted by Gasteiger charge is -2.40. The molecule has 1 heterocycles. The summed E-state index contributed by atoms with van der Waals surface area (Å²) in [6.07, 6.45) is -4.15. The fraction of sp³-hybridized carbons (Fsp3) is 0.533. The van der Waals surface area contributed by atoms with Crippen LogP contribution >= 0.6 is 0 Å². The lowest BCUT2D eigenvalue weighted by Crippen LogP contribution is -2.55. The van der Waals surface area contributed by atoms with Crippen LogP contribution in [0, 0.1) is 11.3 Å². The summed E-state index contributed by atoms with van der Waals surface area (Å²) in [6, 6.07) is 11.9. The van der Waals surface area contributed by atoms with Crippen LogP contribution in [0.3, 0.4) is 0 Å². The Morgan fingerprint density at radius 3 is 2.32 bits per heavy atom. The molecule has 0 aliphatic carbocycles. The standard InChI is InChI=1S/C30H42F2N4O7S/c1-21(2)19-36(44(40,41)23-11-12-24-25(15-23)43-30(31,32)42-24)29(39,16-22-9-7-6-8-10-22)13-14-34-26(37)17-28(3,4)20-35-27(38)18-33-5/h6-12,15,21,33,39H,13-14,16-20H2,1-5H3,(H,34,37)(H,35,38). The largest absolute Gasteiger partial charge is 0.586 e. The van der Waals surface area contributed by atoms with E-state index in [1.54, 1.807) is 51.2 Å². The number of likely N-dealkylation sites (N-methyl/N-ethyl adjacent to an activating group) is 1. The van der Waals surface area contributed by atoms with Crippen molar-refractivity contribution in [3.63, 3.8) is 0 Å². The average Bonchev–Trinajstić information content (AvgIpc) is 3.24. The maximum Gasteiger partial charge on any atom is 0.586 e. The summed E-state index contributed by atoms with van der Waals surface area (Å²) in [5, 5.41) is 20.4. The van der Waals surface area contributed by atoms with Crippen molar-refractivity contribution in [1.29, 1.82) is 0 Å². The van der Waals surface area contributed by atoms with Gasteiger partial charge in [0.15, 0.2) is 11.5 Å². The molecule has 0 bridgehead atoms. The highest BCUT2D eigenvalue weighted by Crippen LogP contribution is 2.43. The summed E-state index contributed by atoms with van der Waals surface area (Å²) < 4.78 is 65.3. The van der Waals surface area contributed by atoms with Crippen LogP contribution in [0.1, 0.15) is 46.1 Å². The summed E-state index contributed by atoms with van der Waals surface area (Å²) in [5.41, 5.74) is -1.94. The van der Waals surface area contributed by atoms with Crippen molar-refractivity contribution in [3.8, 4) is 11.5 Å². The Kier molecular flexibility index (Phi) is 11.3. The SMILES string of the molecule is CNCC(=O)NCC(C)(C)CC(=O)NCCC(O)(Cc1ccccc1)N(CC(C)C)S(=O)(=O)c1ccc2c(c1)OC(F)(F)O2. The number of hydrogen-bond acceptors (Lipinski definition) is 8. The molecule has 2 aromatic rings. The number of alkyl halides is 2. The van der Waals surface area contributed by atoms with Gasteiger partial charge in [0.2, 0.25) is 21.8 Å². The van der Waals surface area contributed by atoms with Crippen molar-refractivity contribution in [1.82, 2.24) is 20.3 Å². The van der Waals surface area contributed by atoms with Crippen LogP contribution in [0.4, 0.5) is 8.78 Å². The van der Waals surface area contributed by atoms with Crippen molar-refractivity contribution in [3.05, 3.63) is 54.1 Å². The molecular formula is C30H42F2N4O7S. The predicted octanol–water partition coefficient (Wildman–Crippen LogP) is 2.84. The van der Waals surface area contributed by atoms with Crippen molar-refractivity contribution in [2.75, 3.05) is 33.2 Å². The van der Waals surface area contributed by atoms with E-state index >= 15 is 0 Å². The van der Waals surface area contributed by atoms with Crippen molar-refractivity contribution in [2.24, 2.45) is 11.3 Å². The van der Waals surface area contributed by atoms with Gasteiger partial charge < -0.3 is 30.5 Å². The molecule has 14 heteroatoms. The predicted molar refractivity (Wildman–Crippen MR) is 159 cm³/mol. The minimum absolute atomic E-state index is 0.0676. The van der Waals surface area contributed by atoms with Gasteiger partial charge in [-0.05, 0) is 36.1 Å². The van der Waals surface area contributed by atoms with Crippen LogP contribution in [-0.2, 0) is 26.0 Å². The number of carbonyl (C=O) groups is 2. The fourth-order valence-corrected chi connectivity index (χ4v) is 6.64. The second kappa shape index (κ2) is 14.2. The Bertz CT molecular complexity index is 1410. The number of rotatable bonds is 16. The Balaban J connectivity index is 1.85. The zero-order chi connectivity index (χ0) is 32.8. The zero-order valence-electron chi connectivity index (χ0n) is 25.7. The smallest absolute Gasteiger partial charge is 0.395 e. The summed E-state index contributed by atoms with van der Waals surface area (Å²) in [7, 11) is -2.83. The van der Waals surface area contributed by atoms with Gasteiger partial charge in [0, 0.05) is 45.0 Å². The third-order valence-corrected chi connectivity index (χ3v) is 8.79. The first kappa shape index (κ1) is 35.2. The van der Waals surface area contributed by atoms with E-state index in [2.05, 4.69) is 25.4 Å². The van der Waals surface area contributed by atoms with Gasteiger partial charge >= 0.3 is 6.29 Å². The number of nitrogens with one attached hydrogen (secondary N) is 3. The van der Waals surface area contributed by atoms with Gasteiger partial charge in [-0.1, -0.05) is 58.0 Å². The molecule has 4 N–H and O–H groups in total. The summed E-state index contributed by atoms with van der Waals surface area (Å²) in [5.74, 6) is -1.52. The third kappa shape index (κ3) is 9.58. The van der Waals surface area contributed by atoms with Crippen LogP contribution in [0.15, 0.2) is 53.4 Å². The van der Waals surface area contributed by atoms with E-state index < -0.39 is 33.2 Å². The maximum atomic E-state index is 14.1. The van der Waals surface area contributed by atoms with E-state index in [-0.39, 0.29) is 73.8 Å². The van der Waals surface area contributed by atoms with Gasteiger partial charge in [0.05, 0.1) is 11.4 Å². The van der Waals surface area contributed by atoms with Crippen molar-refractivity contribution >= 4 is 21.8 Å². The highest BCUT2D eigenvalue weighted by Gasteiger charge is 2.46. The summed E-state index contributed by atoms with van der Waals surface area (Å²) in [4.78, 5) is 24.3. The second-order valence-electron chi connectivity index (χ2n) is 12.1. The molecule has 0 saturated carbocycles. The first-order chi connectivity index (χ1) is 20.5. The molecule has 2 aromatic carbocycles. The number of aliphatic hydroxyl groups is 1. The van der Waals surface area contributed by atoms with E-state index in [1.165, 1.54) is 0 Å². The molecule has 0 saturated heterocycles. The van der Waals surface area contributed by atoms with E-state index in [0.29, 0.717) is 5.56 Å². The molecule has 44 heavy (non-hydrogen) atoms. The van der Waals surface area contributed by atoms with Crippen LogP contribution in [0.25, 0.3) is 0 Å². The molecule has 244 valence electrons. The Morgan fingerprint density at radius 1 is 1.02 bits per heavy atom. The first-order valence-electron chi connectivity index (χ1n) is 14.3. The second-order valence-corrected chi connectivity index (χ2v) is 14.0. The molecular weight excluding hydrogens is 598 g/mol. The quantitative estimate of drug-likeness (QED) is 0.205. The molecule has 0 fully saturated rings. The Morgan fingerprint density at radius 2 is 1.68 bits per heavy atom. The number of hydrogen-bond donors (Lipinski definition) is 4. The number of nitrogens with zero attached hydrogens (tertiary/aromatic N) is 1. The molecule has 1 aliphatic heterocycles. The number of sulfonamides is 1. The molecule has 0 aromatic heterocycles. The lowest BCUT2D eigenvalue weighted by atomic mass is 9.88. The molecule has 1 unspecified atom stereocenters. The topological polar surface area (TPSA) is 146 Å². The molecule has 0 spiro atoms. The molecule has 3 rings (SSSR count). The average molecular weight is 641 g/mol. The number of benzene rings is 2. The number of halogens is 2. The van der Waals surface area contributed by atoms with Crippen molar-refractivity contribution in [2.45, 2.75) is 63.9 Å². The van der Waals surface area contributed by atoms with E-state index in [1.807, 2.05) is 13.8 Å². The molecule has 1 aliphatic rings. The molecule has 0 radical (unpaired) electrons. The maximum absolute atomic E-state index is 14.1. The Hall–Kier alpha value is -3.33. The van der Waals surface area contributed by atoms with Gasteiger partial charge in [0.25, 0.3) is 0 Å². The monoisotopic (exact) mass is 640 g/mol. The van der Waals surface area contributed by atoms with Crippen LogP contribution in [0.2, 0.25) is 0 Å². The molecule has 2 amide bonds. The van der Waals surface area contributed by atoms with Gasteiger partial charge in [0.1, 0.15) is 5.72 Å². The highest BCUT2D eigenvalue weighted by atomic mass is 32.2. The number of carbonyl (C=O) groups excluding carboxylic acids is 2. The first-order valence-corrected chi connectivity index (χ1v) is 15.8. The van der Waals surface area contributed by atoms with E-state index in [9.17, 15) is 31.9 Å². The minimum Gasteiger partial charge on any atom is -0.395 e. The molecule has 11 nitrogen and oxygen atoms in total. The van der Waals surface area contributed by atoms with Crippen LogP contribution in [-0.4, -0.2) is 74.9 Å². The zero-order valence-corrected chi connectivity index (χ0v) is 26.5. The highest BCUT2D eigenvalue weighted by molar-refractivity contribution is 7.89. The van der Waals surface area contributed by atoms with E-state index in [0.717, 1.165) is 22.5 Å². The van der Waals surface area contributed by atoms with Crippen LogP contribution in [0.5, 0.6) is 11.5 Å². The normalized spacial score (nSPS) is 15.7. The molecule has 1 atom stereocenters. The number of amides is 2. The summed E-state index contributed by atoms with van der Waals surface area (Å²) >= 11 is 0. The van der Waals surface area contributed by atoms with E-state index in [4.69, 9.17) is 0 Å². The van der Waals surface area contributed by atoms with Crippen molar-refractivity contribution < 1.29 is 41.4 Å². The third-order valence-electron chi connectivity index (χ3n) is 6.87. The minimum atomic E-state index is -4.49. The number of ether oxygens (including phenoxy) is 2. The van der Waals surface area contributed by atoms with Gasteiger partial charge in [-0.2, -0.15) is 4.31 Å². The lowest BCUT2D eigenvalue weighted by molar-refractivity contribution is -0.286. The fourth-order valence-electron chi connectivity index (χ4n) is 4.79. The Labute approximate surface area is 257 Å². The number of fused-ring (bicyclic) bond motifs is 1. The van der Waals surface area contributed by atoms with Gasteiger partial charge in [-0.3, -0.25) is 9.59 Å².